The maximum atomic E-state index is 6.31. The van der Waals surface area contributed by atoms with Crippen LogP contribution in [0.3, 0.4) is 0 Å². The SMILES string of the molecule is CCc1nn(C)c(CNC2(C)CCOC2)c1Cl. The van der Waals surface area contributed by atoms with Gasteiger partial charge in [0, 0.05) is 25.7 Å². The molecule has 5 heteroatoms. The Morgan fingerprint density at radius 1 is 1.59 bits per heavy atom. The molecule has 0 aromatic carbocycles. The van der Waals surface area contributed by atoms with Crippen LogP contribution in [0.15, 0.2) is 0 Å². The lowest BCUT2D eigenvalue weighted by molar-refractivity contribution is 0.171. The molecule has 1 N–H and O–H groups in total. The molecule has 17 heavy (non-hydrogen) atoms. The van der Waals surface area contributed by atoms with E-state index >= 15 is 0 Å². The minimum absolute atomic E-state index is 0.0694. The normalized spacial score (nSPS) is 24.5. The fraction of sp³-hybridized carbons (Fsp3) is 0.750. The van der Waals surface area contributed by atoms with Crippen molar-refractivity contribution >= 4 is 11.6 Å². The molecule has 1 saturated heterocycles. The van der Waals surface area contributed by atoms with E-state index in [1.165, 1.54) is 0 Å². The van der Waals surface area contributed by atoms with Crippen LogP contribution in [0.4, 0.5) is 0 Å². The van der Waals surface area contributed by atoms with Crippen LogP contribution >= 0.6 is 11.6 Å². The molecule has 1 fully saturated rings. The highest BCUT2D eigenvalue weighted by Crippen LogP contribution is 2.23. The molecule has 1 aromatic rings. The van der Waals surface area contributed by atoms with Gasteiger partial charge in [-0.2, -0.15) is 5.10 Å². The molecule has 1 unspecified atom stereocenters. The number of nitrogens with zero attached hydrogens (tertiary/aromatic N) is 2. The zero-order chi connectivity index (χ0) is 12.5. The summed E-state index contributed by atoms with van der Waals surface area (Å²) in [6, 6.07) is 0. The first kappa shape index (κ1) is 12.9. The zero-order valence-corrected chi connectivity index (χ0v) is 11.5. The number of aryl methyl sites for hydroxylation is 2. The van der Waals surface area contributed by atoms with Gasteiger partial charge in [-0.05, 0) is 19.8 Å². The highest BCUT2D eigenvalue weighted by atomic mass is 35.5. The van der Waals surface area contributed by atoms with Crippen LogP contribution in [0, 0.1) is 0 Å². The molecule has 1 aliphatic heterocycles. The van der Waals surface area contributed by atoms with Crippen molar-refractivity contribution < 1.29 is 4.74 Å². The van der Waals surface area contributed by atoms with E-state index in [4.69, 9.17) is 16.3 Å². The summed E-state index contributed by atoms with van der Waals surface area (Å²) in [6.45, 7) is 6.59. The van der Waals surface area contributed by atoms with Crippen molar-refractivity contribution in [3.8, 4) is 0 Å². The van der Waals surface area contributed by atoms with Gasteiger partial charge in [0.25, 0.3) is 0 Å². The van der Waals surface area contributed by atoms with E-state index in [0.29, 0.717) is 0 Å². The topological polar surface area (TPSA) is 39.1 Å². The zero-order valence-electron chi connectivity index (χ0n) is 10.7. The highest BCUT2D eigenvalue weighted by Gasteiger charge is 2.29. The van der Waals surface area contributed by atoms with E-state index in [-0.39, 0.29) is 5.54 Å². The van der Waals surface area contributed by atoms with E-state index in [1.807, 2.05) is 11.7 Å². The van der Waals surface area contributed by atoms with Crippen molar-refractivity contribution in [2.45, 2.75) is 38.8 Å². The molecule has 0 radical (unpaired) electrons. The van der Waals surface area contributed by atoms with Gasteiger partial charge in [0.05, 0.1) is 23.0 Å². The third kappa shape index (κ3) is 2.64. The van der Waals surface area contributed by atoms with E-state index < -0.39 is 0 Å². The lowest BCUT2D eigenvalue weighted by Crippen LogP contribution is -2.42. The van der Waals surface area contributed by atoms with Crippen LogP contribution in [0.1, 0.15) is 31.7 Å². The number of aromatic nitrogens is 2. The van der Waals surface area contributed by atoms with Crippen LogP contribution in [0.25, 0.3) is 0 Å². The summed E-state index contributed by atoms with van der Waals surface area (Å²) in [4.78, 5) is 0. The fourth-order valence-corrected chi connectivity index (χ4v) is 2.48. The molecule has 1 atom stereocenters. The summed E-state index contributed by atoms with van der Waals surface area (Å²) < 4.78 is 7.29. The third-order valence-electron chi connectivity index (χ3n) is 3.40. The molecule has 96 valence electrons. The predicted molar refractivity (Wildman–Crippen MR) is 68.3 cm³/mol. The summed E-state index contributed by atoms with van der Waals surface area (Å²) in [6.07, 6.45) is 1.91. The average molecular weight is 258 g/mol. The van der Waals surface area contributed by atoms with Crippen LogP contribution in [-0.2, 0) is 24.8 Å². The van der Waals surface area contributed by atoms with Gasteiger partial charge in [0.1, 0.15) is 0 Å². The largest absolute Gasteiger partial charge is 0.379 e. The highest BCUT2D eigenvalue weighted by molar-refractivity contribution is 6.31. The summed E-state index contributed by atoms with van der Waals surface area (Å²) in [5, 5.41) is 8.73. The molecule has 0 bridgehead atoms. The second-order valence-corrected chi connectivity index (χ2v) is 5.28. The summed E-state index contributed by atoms with van der Waals surface area (Å²) in [7, 11) is 1.94. The number of hydrogen-bond acceptors (Lipinski definition) is 3. The van der Waals surface area contributed by atoms with Gasteiger partial charge in [0.15, 0.2) is 0 Å². The van der Waals surface area contributed by atoms with Gasteiger partial charge < -0.3 is 10.1 Å². The Bertz CT molecular complexity index is 397. The number of ether oxygens (including phenoxy) is 1. The number of hydrogen-bond donors (Lipinski definition) is 1. The Labute approximate surface area is 107 Å². The lowest BCUT2D eigenvalue weighted by Gasteiger charge is -2.23. The van der Waals surface area contributed by atoms with E-state index in [1.54, 1.807) is 0 Å². The Balaban J connectivity index is 2.06. The summed E-state index contributed by atoms with van der Waals surface area (Å²) in [5.41, 5.74) is 2.09. The second kappa shape index (κ2) is 4.96. The van der Waals surface area contributed by atoms with Gasteiger partial charge >= 0.3 is 0 Å². The first-order valence-corrected chi connectivity index (χ1v) is 6.46. The summed E-state index contributed by atoms with van der Waals surface area (Å²) >= 11 is 6.31. The Hall–Kier alpha value is -0.580. The smallest absolute Gasteiger partial charge is 0.0863 e. The van der Waals surface area contributed by atoms with Gasteiger partial charge in [-0.25, -0.2) is 0 Å². The molecule has 2 heterocycles. The third-order valence-corrected chi connectivity index (χ3v) is 3.84. The molecule has 0 amide bonds. The number of halogens is 1. The van der Waals surface area contributed by atoms with Crippen LogP contribution < -0.4 is 5.32 Å². The van der Waals surface area contributed by atoms with Gasteiger partial charge in [0.2, 0.25) is 0 Å². The molecule has 4 nitrogen and oxygen atoms in total. The van der Waals surface area contributed by atoms with Crippen LogP contribution in [-0.4, -0.2) is 28.5 Å². The maximum absolute atomic E-state index is 6.31. The second-order valence-electron chi connectivity index (χ2n) is 4.90. The minimum atomic E-state index is 0.0694. The number of nitrogens with one attached hydrogen (secondary N) is 1. The van der Waals surface area contributed by atoms with Crippen LogP contribution in [0.2, 0.25) is 5.02 Å². The van der Waals surface area contributed by atoms with Crippen molar-refractivity contribution in [3.05, 3.63) is 16.4 Å². The molecule has 0 spiro atoms. The average Bonchev–Trinajstić information content (AvgIpc) is 2.83. The molecule has 1 aromatic heterocycles. The summed E-state index contributed by atoms with van der Waals surface area (Å²) in [5.74, 6) is 0. The maximum Gasteiger partial charge on any atom is 0.0863 e. The lowest BCUT2D eigenvalue weighted by atomic mass is 10.0. The van der Waals surface area contributed by atoms with E-state index in [9.17, 15) is 0 Å². The quantitative estimate of drug-likeness (QED) is 0.896. The molecule has 2 rings (SSSR count). The minimum Gasteiger partial charge on any atom is -0.379 e. The Morgan fingerprint density at radius 3 is 2.88 bits per heavy atom. The van der Waals surface area contributed by atoms with Gasteiger partial charge in [-0.15, -0.1) is 0 Å². The first-order valence-electron chi connectivity index (χ1n) is 6.09. The van der Waals surface area contributed by atoms with Crippen molar-refractivity contribution in [2.24, 2.45) is 7.05 Å². The fourth-order valence-electron chi connectivity index (χ4n) is 2.12. The van der Waals surface area contributed by atoms with Crippen molar-refractivity contribution in [2.75, 3.05) is 13.2 Å². The standard InChI is InChI=1S/C12H20ClN3O/c1-4-9-11(13)10(16(3)15-9)7-14-12(2)5-6-17-8-12/h14H,4-8H2,1-3H3. The molecular formula is C12H20ClN3O. The van der Waals surface area contributed by atoms with E-state index in [2.05, 4.69) is 24.3 Å². The predicted octanol–water partition coefficient (Wildman–Crippen LogP) is 1.90. The first-order chi connectivity index (χ1) is 8.06. The Kier molecular flexibility index (Phi) is 3.76. The number of rotatable bonds is 4. The van der Waals surface area contributed by atoms with E-state index in [0.717, 1.165) is 49.0 Å². The van der Waals surface area contributed by atoms with Gasteiger partial charge in [-0.3, -0.25) is 4.68 Å². The molecule has 1 aliphatic rings. The molecular weight excluding hydrogens is 238 g/mol. The molecule has 0 saturated carbocycles. The van der Waals surface area contributed by atoms with Crippen molar-refractivity contribution in [1.82, 2.24) is 15.1 Å². The van der Waals surface area contributed by atoms with Gasteiger partial charge in [-0.1, -0.05) is 18.5 Å². The van der Waals surface area contributed by atoms with Crippen molar-refractivity contribution in [1.29, 1.82) is 0 Å². The van der Waals surface area contributed by atoms with Crippen molar-refractivity contribution in [3.63, 3.8) is 0 Å². The van der Waals surface area contributed by atoms with Crippen LogP contribution in [0.5, 0.6) is 0 Å². The molecule has 0 aliphatic carbocycles. The Morgan fingerprint density at radius 2 is 2.35 bits per heavy atom. The monoisotopic (exact) mass is 257 g/mol.